The van der Waals surface area contributed by atoms with Gasteiger partial charge in [-0.2, -0.15) is 0 Å². The lowest BCUT2D eigenvalue weighted by atomic mass is 9.95. The van der Waals surface area contributed by atoms with Gasteiger partial charge in [-0.05, 0) is 29.9 Å². The van der Waals surface area contributed by atoms with Crippen molar-refractivity contribution < 1.29 is 5.11 Å². The van der Waals surface area contributed by atoms with Crippen LogP contribution >= 0.6 is 0 Å². The van der Waals surface area contributed by atoms with Crippen LogP contribution in [0.5, 0.6) is 0 Å². The number of hydrogen-bond acceptors (Lipinski definition) is 2. The quantitative estimate of drug-likeness (QED) is 0.779. The monoisotopic (exact) mass is 207 g/mol. The summed E-state index contributed by atoms with van der Waals surface area (Å²) < 4.78 is 0. The predicted molar refractivity (Wildman–Crippen MR) is 63.8 cm³/mol. The van der Waals surface area contributed by atoms with E-state index in [1.54, 1.807) is 0 Å². The van der Waals surface area contributed by atoms with E-state index < -0.39 is 0 Å². The molecular formula is C13H21NO. The van der Waals surface area contributed by atoms with Crippen LogP contribution in [0.25, 0.3) is 0 Å². The molecule has 0 saturated heterocycles. The highest BCUT2D eigenvalue weighted by molar-refractivity contribution is 5.26. The Morgan fingerprint density at radius 3 is 2.20 bits per heavy atom. The lowest BCUT2D eigenvalue weighted by Crippen LogP contribution is -2.11. The van der Waals surface area contributed by atoms with E-state index in [-0.39, 0.29) is 12.6 Å². The largest absolute Gasteiger partial charge is 0.396 e. The van der Waals surface area contributed by atoms with Crippen molar-refractivity contribution in [1.29, 1.82) is 0 Å². The molecule has 0 aromatic heterocycles. The molecule has 0 radical (unpaired) electrons. The van der Waals surface area contributed by atoms with Crippen LogP contribution in [0.15, 0.2) is 24.3 Å². The summed E-state index contributed by atoms with van der Waals surface area (Å²) in [5, 5.41) is 8.80. The molecule has 0 aliphatic carbocycles. The van der Waals surface area contributed by atoms with E-state index in [2.05, 4.69) is 38.1 Å². The second-order valence-electron chi connectivity index (χ2n) is 4.09. The molecule has 15 heavy (non-hydrogen) atoms. The lowest BCUT2D eigenvalue weighted by molar-refractivity contribution is 0.276. The standard InChI is InChI=1S/C13H21NO/c1-3-10(2)11-4-6-12(7-5-11)13(14)8-9-15/h4-7,10,13,15H,3,8-9,14H2,1-2H3. The summed E-state index contributed by atoms with van der Waals surface area (Å²) in [6.07, 6.45) is 1.78. The topological polar surface area (TPSA) is 46.2 Å². The number of hydrogen-bond donors (Lipinski definition) is 2. The first-order valence-electron chi connectivity index (χ1n) is 5.65. The first kappa shape index (κ1) is 12.2. The summed E-state index contributed by atoms with van der Waals surface area (Å²) in [5.74, 6) is 0.605. The Labute approximate surface area is 92.1 Å². The van der Waals surface area contributed by atoms with E-state index in [1.165, 1.54) is 5.56 Å². The van der Waals surface area contributed by atoms with Crippen molar-refractivity contribution in [2.24, 2.45) is 5.73 Å². The molecule has 2 atom stereocenters. The van der Waals surface area contributed by atoms with Crippen LogP contribution in [0.1, 0.15) is 49.8 Å². The molecule has 0 aliphatic rings. The number of aliphatic hydroxyl groups is 1. The number of benzene rings is 1. The third-order valence-corrected chi connectivity index (χ3v) is 2.99. The zero-order valence-electron chi connectivity index (χ0n) is 9.61. The van der Waals surface area contributed by atoms with E-state index in [1.807, 2.05) is 0 Å². The van der Waals surface area contributed by atoms with E-state index in [4.69, 9.17) is 10.8 Å². The minimum absolute atomic E-state index is 0.0408. The first-order valence-corrected chi connectivity index (χ1v) is 5.65. The maximum absolute atomic E-state index is 8.80. The van der Waals surface area contributed by atoms with Gasteiger partial charge in [0, 0.05) is 12.6 Å². The summed E-state index contributed by atoms with van der Waals surface area (Å²) in [7, 11) is 0. The molecule has 0 heterocycles. The molecule has 2 heteroatoms. The third-order valence-electron chi connectivity index (χ3n) is 2.99. The van der Waals surface area contributed by atoms with Gasteiger partial charge in [0.2, 0.25) is 0 Å². The van der Waals surface area contributed by atoms with Gasteiger partial charge in [0.05, 0.1) is 0 Å². The third kappa shape index (κ3) is 3.33. The maximum atomic E-state index is 8.80. The molecule has 1 rings (SSSR count). The Morgan fingerprint density at radius 2 is 1.73 bits per heavy atom. The molecule has 1 aromatic rings. The van der Waals surface area contributed by atoms with Crippen LogP contribution in [-0.4, -0.2) is 11.7 Å². The fraction of sp³-hybridized carbons (Fsp3) is 0.538. The van der Waals surface area contributed by atoms with Gasteiger partial charge < -0.3 is 10.8 Å². The van der Waals surface area contributed by atoms with Crippen LogP contribution in [0, 0.1) is 0 Å². The normalized spacial score (nSPS) is 14.9. The van der Waals surface area contributed by atoms with E-state index in [9.17, 15) is 0 Å². The van der Waals surface area contributed by atoms with Crippen molar-refractivity contribution in [2.75, 3.05) is 6.61 Å². The molecule has 1 aromatic carbocycles. The fourth-order valence-corrected chi connectivity index (χ4v) is 1.61. The Morgan fingerprint density at radius 1 is 1.20 bits per heavy atom. The molecular weight excluding hydrogens is 186 g/mol. The maximum Gasteiger partial charge on any atom is 0.0449 e. The van der Waals surface area contributed by atoms with E-state index >= 15 is 0 Å². The highest BCUT2D eigenvalue weighted by atomic mass is 16.3. The van der Waals surface area contributed by atoms with Gasteiger partial charge in [0.25, 0.3) is 0 Å². The Bertz CT molecular complexity index is 281. The molecule has 0 aliphatic heterocycles. The zero-order valence-corrected chi connectivity index (χ0v) is 9.61. The molecule has 0 amide bonds. The summed E-state index contributed by atoms with van der Waals surface area (Å²) in [4.78, 5) is 0. The van der Waals surface area contributed by atoms with Crippen molar-refractivity contribution in [2.45, 2.75) is 38.6 Å². The molecule has 3 N–H and O–H groups in total. The van der Waals surface area contributed by atoms with Gasteiger partial charge in [0.1, 0.15) is 0 Å². The zero-order chi connectivity index (χ0) is 11.3. The first-order chi connectivity index (χ1) is 7.19. The summed E-state index contributed by atoms with van der Waals surface area (Å²) in [5.41, 5.74) is 8.37. The van der Waals surface area contributed by atoms with Crippen molar-refractivity contribution in [3.63, 3.8) is 0 Å². The number of aliphatic hydroxyl groups excluding tert-OH is 1. The molecule has 0 saturated carbocycles. The number of rotatable bonds is 5. The van der Waals surface area contributed by atoms with Crippen molar-refractivity contribution >= 4 is 0 Å². The summed E-state index contributed by atoms with van der Waals surface area (Å²) in [6, 6.07) is 8.38. The molecule has 0 fully saturated rings. The van der Waals surface area contributed by atoms with Gasteiger partial charge in [0.15, 0.2) is 0 Å². The SMILES string of the molecule is CCC(C)c1ccc(C(N)CCO)cc1. The molecule has 2 unspecified atom stereocenters. The van der Waals surface area contributed by atoms with E-state index in [0.29, 0.717) is 12.3 Å². The van der Waals surface area contributed by atoms with Gasteiger partial charge in [-0.3, -0.25) is 0 Å². The highest BCUT2D eigenvalue weighted by Gasteiger charge is 2.06. The van der Waals surface area contributed by atoms with Gasteiger partial charge >= 0.3 is 0 Å². The van der Waals surface area contributed by atoms with Crippen molar-refractivity contribution in [1.82, 2.24) is 0 Å². The second-order valence-corrected chi connectivity index (χ2v) is 4.09. The van der Waals surface area contributed by atoms with Gasteiger partial charge in [-0.25, -0.2) is 0 Å². The van der Waals surface area contributed by atoms with Crippen LogP contribution < -0.4 is 5.73 Å². The van der Waals surface area contributed by atoms with Gasteiger partial charge in [-0.1, -0.05) is 38.1 Å². The van der Waals surface area contributed by atoms with Crippen molar-refractivity contribution in [3.05, 3.63) is 35.4 Å². The van der Waals surface area contributed by atoms with Crippen LogP contribution in [0.4, 0.5) is 0 Å². The minimum Gasteiger partial charge on any atom is -0.396 e. The van der Waals surface area contributed by atoms with Crippen molar-refractivity contribution in [3.8, 4) is 0 Å². The van der Waals surface area contributed by atoms with Crippen LogP contribution in [0.3, 0.4) is 0 Å². The average molecular weight is 207 g/mol. The summed E-state index contributed by atoms with van der Waals surface area (Å²) in [6.45, 7) is 4.56. The molecule has 84 valence electrons. The average Bonchev–Trinajstić information content (AvgIpc) is 2.28. The molecule has 0 bridgehead atoms. The smallest absolute Gasteiger partial charge is 0.0449 e. The number of nitrogens with two attached hydrogens (primary N) is 1. The lowest BCUT2D eigenvalue weighted by Gasteiger charge is -2.13. The second kappa shape index (κ2) is 5.89. The molecule has 2 nitrogen and oxygen atoms in total. The molecule has 0 spiro atoms. The summed E-state index contributed by atoms with van der Waals surface area (Å²) >= 11 is 0. The predicted octanol–water partition coefficient (Wildman–Crippen LogP) is 2.58. The highest BCUT2D eigenvalue weighted by Crippen LogP contribution is 2.21. The Balaban J connectivity index is 2.71. The van der Waals surface area contributed by atoms with Crippen LogP contribution in [0.2, 0.25) is 0 Å². The fourth-order valence-electron chi connectivity index (χ4n) is 1.61. The Kier molecular flexibility index (Phi) is 4.79. The van der Waals surface area contributed by atoms with Crippen LogP contribution in [-0.2, 0) is 0 Å². The minimum atomic E-state index is -0.0408. The van der Waals surface area contributed by atoms with E-state index in [0.717, 1.165) is 12.0 Å². The Hall–Kier alpha value is -0.860. The van der Waals surface area contributed by atoms with Gasteiger partial charge in [-0.15, -0.1) is 0 Å².